The summed E-state index contributed by atoms with van der Waals surface area (Å²) in [5.74, 6) is -0.994. The largest absolute Gasteiger partial charge is 0.550 e. The van der Waals surface area contributed by atoms with Crippen LogP contribution in [0.5, 0.6) is 0 Å². The van der Waals surface area contributed by atoms with Crippen LogP contribution in [-0.2, 0) is 4.79 Å². The van der Waals surface area contributed by atoms with Gasteiger partial charge in [-0.1, -0.05) is 0 Å². The zero-order valence-electron chi connectivity index (χ0n) is 6.23. The molecule has 6 N–H and O–H groups in total. The van der Waals surface area contributed by atoms with Gasteiger partial charge in [0, 0.05) is 5.97 Å². The summed E-state index contributed by atoms with van der Waals surface area (Å²) < 4.78 is 0. The normalized spacial score (nSPS) is 19.3. The molecule has 1 aliphatic heterocycles. The van der Waals surface area contributed by atoms with Crippen molar-refractivity contribution in [3.8, 4) is 0 Å². The first kappa shape index (κ1) is 9.35. The highest BCUT2D eigenvalue weighted by atomic mass is 16.4. The Kier molecular flexibility index (Phi) is 2.77. The monoisotopic (exact) mass is 147 g/mol. The second-order valence-electron chi connectivity index (χ2n) is 2.45. The van der Waals surface area contributed by atoms with E-state index in [2.05, 4.69) is 10.9 Å². The average molecular weight is 147 g/mol. The summed E-state index contributed by atoms with van der Waals surface area (Å²) in [4.78, 5) is 9.91. The lowest BCUT2D eigenvalue weighted by Gasteiger charge is -2.03. The van der Waals surface area contributed by atoms with E-state index in [1.165, 1.54) is 0 Å². The van der Waals surface area contributed by atoms with E-state index in [0.29, 0.717) is 6.42 Å². The molecule has 0 aromatic heterocycles. The van der Waals surface area contributed by atoms with E-state index >= 15 is 0 Å². The molecule has 5 heteroatoms. The van der Waals surface area contributed by atoms with E-state index < -0.39 is 5.97 Å². The molecule has 0 unspecified atom stereocenters. The van der Waals surface area contributed by atoms with Crippen molar-refractivity contribution in [1.29, 1.82) is 0 Å². The molecule has 0 aromatic rings. The van der Waals surface area contributed by atoms with Gasteiger partial charge in [0.15, 0.2) is 0 Å². The third-order valence-corrected chi connectivity index (χ3v) is 1.38. The molecular formula is C5H13N3O2. The molecule has 0 bridgehead atoms. The van der Waals surface area contributed by atoms with E-state index in [0.717, 1.165) is 0 Å². The first-order valence-corrected chi connectivity index (χ1v) is 2.87. The summed E-state index contributed by atoms with van der Waals surface area (Å²) in [7, 11) is 0. The number of carboxylic acid groups (broad SMARTS) is 1. The van der Waals surface area contributed by atoms with Gasteiger partial charge in [-0.05, 0) is 19.8 Å². The minimum Gasteiger partial charge on any atom is -0.550 e. The summed E-state index contributed by atoms with van der Waals surface area (Å²) in [5, 5.41) is 9.91. The van der Waals surface area contributed by atoms with Gasteiger partial charge in [-0.15, -0.1) is 0 Å². The first-order valence-electron chi connectivity index (χ1n) is 2.87. The Morgan fingerprint density at radius 1 is 1.60 bits per heavy atom. The smallest absolute Gasteiger partial charge is 0.0919 e. The van der Waals surface area contributed by atoms with Gasteiger partial charge in [0.05, 0.1) is 5.66 Å². The molecular weight excluding hydrogens is 134 g/mol. The molecule has 0 amide bonds. The number of hydrazine groups is 1. The maximum Gasteiger partial charge on any atom is 0.0919 e. The van der Waals surface area contributed by atoms with Gasteiger partial charge in [0.2, 0.25) is 0 Å². The summed E-state index contributed by atoms with van der Waals surface area (Å²) in [5.41, 5.74) is 5.51. The predicted molar refractivity (Wildman–Crippen MR) is 34.9 cm³/mol. The lowest BCUT2D eigenvalue weighted by molar-refractivity contribution is -0.305. The quantitative estimate of drug-likeness (QED) is 0.430. The highest BCUT2D eigenvalue weighted by Gasteiger charge is 2.34. The van der Waals surface area contributed by atoms with Crippen LogP contribution in [0.25, 0.3) is 0 Å². The Hall–Kier alpha value is -0.650. The maximum absolute atomic E-state index is 9.91. The second kappa shape index (κ2) is 2.96. The molecule has 10 heavy (non-hydrogen) atoms. The molecule has 0 atom stereocenters. The minimum atomic E-state index is -0.994. The number of carboxylic acids is 1. The van der Waals surface area contributed by atoms with Crippen molar-refractivity contribution >= 4 is 5.97 Å². The van der Waals surface area contributed by atoms with Crippen molar-refractivity contribution in [2.24, 2.45) is 0 Å². The molecule has 60 valence electrons. The van der Waals surface area contributed by atoms with Crippen molar-refractivity contribution in [2.45, 2.75) is 25.4 Å². The van der Waals surface area contributed by atoms with Gasteiger partial charge in [-0.3, -0.25) is 0 Å². The number of rotatable bonds is 3. The molecule has 0 radical (unpaired) electrons. The fourth-order valence-corrected chi connectivity index (χ4v) is 0.584. The molecule has 1 fully saturated rings. The molecule has 0 spiro atoms. The molecule has 1 saturated heterocycles. The van der Waals surface area contributed by atoms with Crippen molar-refractivity contribution in [3.63, 3.8) is 0 Å². The van der Waals surface area contributed by atoms with Crippen LogP contribution in [0.1, 0.15) is 19.8 Å². The van der Waals surface area contributed by atoms with Crippen molar-refractivity contribution in [2.75, 3.05) is 0 Å². The summed E-state index contributed by atoms with van der Waals surface area (Å²) >= 11 is 0. The van der Waals surface area contributed by atoms with Gasteiger partial charge in [-0.2, -0.15) is 0 Å². The highest BCUT2D eigenvalue weighted by molar-refractivity contribution is 5.64. The first-order chi connectivity index (χ1) is 4.12. The highest BCUT2D eigenvalue weighted by Crippen LogP contribution is 2.14. The molecule has 1 heterocycles. The maximum atomic E-state index is 9.91. The second-order valence-corrected chi connectivity index (χ2v) is 2.45. The predicted octanol–water partition coefficient (Wildman–Crippen LogP) is -1.28. The van der Waals surface area contributed by atoms with Crippen molar-refractivity contribution < 1.29 is 9.90 Å². The summed E-state index contributed by atoms with van der Waals surface area (Å²) in [6, 6.07) is 0. The van der Waals surface area contributed by atoms with Crippen LogP contribution in [0.2, 0.25) is 0 Å². The average Bonchev–Trinajstić information content (AvgIpc) is 2.45. The Bertz CT molecular complexity index is 133. The minimum absolute atomic E-state index is 0. The molecule has 0 aliphatic carbocycles. The van der Waals surface area contributed by atoms with E-state index in [4.69, 9.17) is 0 Å². The van der Waals surface area contributed by atoms with Gasteiger partial charge in [0.1, 0.15) is 0 Å². The van der Waals surface area contributed by atoms with Crippen LogP contribution < -0.4 is 22.1 Å². The van der Waals surface area contributed by atoms with Gasteiger partial charge >= 0.3 is 0 Å². The van der Waals surface area contributed by atoms with Crippen LogP contribution in [0.3, 0.4) is 0 Å². The number of nitrogens with one attached hydrogen (secondary N) is 2. The van der Waals surface area contributed by atoms with Gasteiger partial charge in [0.25, 0.3) is 0 Å². The topological polar surface area (TPSA) is 121 Å². The number of hydrogen-bond acceptors (Lipinski definition) is 4. The Labute approximate surface area is 59.4 Å². The number of quaternary nitrogens is 1. The molecule has 1 rings (SSSR count). The summed E-state index contributed by atoms with van der Waals surface area (Å²) in [6.45, 7) is 1.90. The zero-order chi connectivity index (χ0) is 6.91. The van der Waals surface area contributed by atoms with Crippen LogP contribution in [0.4, 0.5) is 0 Å². The fraction of sp³-hybridized carbons (Fsp3) is 0.800. The third-order valence-electron chi connectivity index (χ3n) is 1.38. The van der Waals surface area contributed by atoms with Crippen molar-refractivity contribution in [1.82, 2.24) is 17.0 Å². The molecule has 0 saturated carbocycles. The van der Waals surface area contributed by atoms with Gasteiger partial charge in [-0.25, -0.2) is 10.9 Å². The van der Waals surface area contributed by atoms with E-state index in [9.17, 15) is 9.90 Å². The molecule has 5 nitrogen and oxygen atoms in total. The SMILES string of the molecule is CC1(CCC(=O)[O-])NN1.[NH4+]. The van der Waals surface area contributed by atoms with E-state index in [-0.39, 0.29) is 18.2 Å². The Balaban J connectivity index is 0.000000810. The molecule has 1 aliphatic rings. The molecule has 0 aromatic carbocycles. The number of hydrogen-bond donors (Lipinski definition) is 3. The standard InChI is InChI=1S/C5H10N2O2.H3N/c1-5(6-7-5)3-2-4(8)9;/h6-7H,2-3H2,1H3,(H,8,9);1H3. The summed E-state index contributed by atoms with van der Waals surface area (Å²) in [6.07, 6.45) is 0.686. The lowest BCUT2D eigenvalue weighted by Crippen LogP contribution is -2.25. The van der Waals surface area contributed by atoms with E-state index in [1.54, 1.807) is 0 Å². The van der Waals surface area contributed by atoms with Crippen LogP contribution in [-0.4, -0.2) is 11.6 Å². The Morgan fingerprint density at radius 2 is 2.10 bits per heavy atom. The van der Waals surface area contributed by atoms with Crippen molar-refractivity contribution in [3.05, 3.63) is 0 Å². The van der Waals surface area contributed by atoms with E-state index in [1.807, 2.05) is 6.92 Å². The number of aliphatic carboxylic acids is 1. The zero-order valence-corrected chi connectivity index (χ0v) is 6.23. The Morgan fingerprint density at radius 3 is 2.40 bits per heavy atom. The number of carbonyl (C=O) groups is 1. The lowest BCUT2D eigenvalue weighted by atomic mass is 10.1. The van der Waals surface area contributed by atoms with Crippen LogP contribution in [0.15, 0.2) is 0 Å². The van der Waals surface area contributed by atoms with Crippen LogP contribution in [0, 0.1) is 0 Å². The fourth-order valence-electron chi connectivity index (χ4n) is 0.584. The van der Waals surface area contributed by atoms with Gasteiger partial charge < -0.3 is 16.1 Å². The third kappa shape index (κ3) is 2.77. The number of carbonyl (C=O) groups excluding carboxylic acids is 1. The van der Waals surface area contributed by atoms with Crippen LogP contribution >= 0.6 is 0 Å².